The number of benzene rings is 1. The Kier molecular flexibility index (Phi) is 7.22. The van der Waals surface area contributed by atoms with Crippen molar-refractivity contribution < 1.29 is 4.79 Å². The van der Waals surface area contributed by atoms with Gasteiger partial charge in [-0.25, -0.2) is 0 Å². The number of nitrogens with one attached hydrogen (secondary N) is 1. The van der Waals surface area contributed by atoms with Gasteiger partial charge in [0.2, 0.25) is 5.91 Å². The summed E-state index contributed by atoms with van der Waals surface area (Å²) in [7, 11) is 0. The molecule has 1 aliphatic rings. The lowest BCUT2D eigenvalue weighted by atomic mass is 9.74. The third-order valence-corrected chi connectivity index (χ3v) is 5.31. The summed E-state index contributed by atoms with van der Waals surface area (Å²) in [5, 5.41) is 3.03. The highest BCUT2D eigenvalue weighted by Crippen LogP contribution is 2.31. The van der Waals surface area contributed by atoms with Gasteiger partial charge in [0.15, 0.2) is 0 Å². The molecule has 1 saturated carbocycles. The van der Waals surface area contributed by atoms with Crippen molar-refractivity contribution >= 4 is 18.3 Å². The van der Waals surface area contributed by atoms with Gasteiger partial charge in [-0.05, 0) is 37.0 Å². The van der Waals surface area contributed by atoms with Gasteiger partial charge >= 0.3 is 0 Å². The van der Waals surface area contributed by atoms with Crippen LogP contribution in [0.3, 0.4) is 0 Å². The Morgan fingerprint density at radius 1 is 1.19 bits per heavy atom. The highest BCUT2D eigenvalue weighted by molar-refractivity contribution is 5.85. The summed E-state index contributed by atoms with van der Waals surface area (Å²) in [6.07, 6.45) is 5.72. The Morgan fingerprint density at radius 2 is 1.89 bits per heavy atom. The van der Waals surface area contributed by atoms with Gasteiger partial charge in [0, 0.05) is 24.3 Å². The van der Waals surface area contributed by atoms with E-state index in [-0.39, 0.29) is 29.8 Å². The molecule has 0 aliphatic heterocycles. The third-order valence-electron chi connectivity index (χ3n) is 5.31. The second-order valence-electron chi connectivity index (χ2n) is 7.51. The largest absolute Gasteiger partial charge is 0.352 e. The zero-order chi connectivity index (χ0) is 18.6. The molecule has 2 aromatic rings. The molecular formula is C21H28ClN3O2. The van der Waals surface area contributed by atoms with Crippen LogP contribution < -0.4 is 16.6 Å². The van der Waals surface area contributed by atoms with E-state index < -0.39 is 5.54 Å². The number of nitrogens with two attached hydrogens (primary N) is 1. The van der Waals surface area contributed by atoms with E-state index in [4.69, 9.17) is 5.73 Å². The van der Waals surface area contributed by atoms with Crippen LogP contribution in [-0.4, -0.2) is 16.0 Å². The Morgan fingerprint density at radius 3 is 2.56 bits per heavy atom. The van der Waals surface area contributed by atoms with Crippen molar-refractivity contribution in [1.82, 2.24) is 9.88 Å². The van der Waals surface area contributed by atoms with E-state index in [0.29, 0.717) is 13.1 Å². The fraction of sp³-hybridized carbons (Fsp3) is 0.429. The first kappa shape index (κ1) is 21.2. The number of aromatic nitrogens is 1. The van der Waals surface area contributed by atoms with Crippen molar-refractivity contribution in [1.29, 1.82) is 0 Å². The molecule has 0 saturated heterocycles. The van der Waals surface area contributed by atoms with E-state index in [1.807, 2.05) is 37.3 Å². The molecule has 1 amide bonds. The average Bonchev–Trinajstić information content (AvgIpc) is 2.62. The van der Waals surface area contributed by atoms with E-state index in [1.165, 1.54) is 0 Å². The summed E-state index contributed by atoms with van der Waals surface area (Å²) >= 11 is 0. The Bertz CT molecular complexity index is 815. The minimum atomic E-state index is -0.408. The molecule has 1 aliphatic carbocycles. The van der Waals surface area contributed by atoms with Crippen molar-refractivity contribution in [2.45, 2.75) is 51.2 Å². The molecule has 27 heavy (non-hydrogen) atoms. The van der Waals surface area contributed by atoms with Crippen molar-refractivity contribution in [2.75, 3.05) is 0 Å². The second-order valence-corrected chi connectivity index (χ2v) is 7.51. The Balaban J connectivity index is 0.00000261. The van der Waals surface area contributed by atoms with Crippen LogP contribution in [0.5, 0.6) is 0 Å². The minimum Gasteiger partial charge on any atom is -0.352 e. The Labute approximate surface area is 166 Å². The van der Waals surface area contributed by atoms with Crippen LogP contribution >= 0.6 is 12.4 Å². The molecule has 0 radical (unpaired) electrons. The van der Waals surface area contributed by atoms with E-state index in [2.05, 4.69) is 5.32 Å². The van der Waals surface area contributed by atoms with Crippen LogP contribution in [0.15, 0.2) is 53.5 Å². The summed E-state index contributed by atoms with van der Waals surface area (Å²) < 4.78 is 1.67. The number of halogens is 1. The molecule has 3 N–H and O–H groups in total. The fourth-order valence-corrected chi connectivity index (χ4v) is 3.65. The quantitative estimate of drug-likeness (QED) is 0.825. The van der Waals surface area contributed by atoms with E-state index in [1.54, 1.807) is 22.9 Å². The van der Waals surface area contributed by atoms with Gasteiger partial charge in [-0.1, -0.05) is 43.2 Å². The average molecular weight is 390 g/mol. The van der Waals surface area contributed by atoms with Gasteiger partial charge in [0.1, 0.15) is 0 Å². The molecule has 0 spiro atoms. The lowest BCUT2D eigenvalue weighted by molar-refractivity contribution is -0.128. The van der Waals surface area contributed by atoms with Crippen LogP contribution in [0.4, 0.5) is 0 Å². The number of carbonyl (C=O) groups excluding carboxylic acids is 1. The summed E-state index contributed by atoms with van der Waals surface area (Å²) in [5.41, 5.74) is 7.98. The van der Waals surface area contributed by atoms with Crippen LogP contribution in [0.25, 0.3) is 0 Å². The molecule has 3 rings (SSSR count). The van der Waals surface area contributed by atoms with E-state index in [0.717, 1.165) is 36.8 Å². The van der Waals surface area contributed by atoms with Gasteiger partial charge in [0.25, 0.3) is 5.56 Å². The maximum absolute atomic E-state index is 12.5. The number of rotatable bonds is 5. The maximum Gasteiger partial charge on any atom is 0.250 e. The molecule has 1 aromatic heterocycles. The zero-order valence-electron chi connectivity index (χ0n) is 15.7. The summed E-state index contributed by atoms with van der Waals surface area (Å²) in [5.74, 6) is -0.0601. The molecule has 146 valence electrons. The number of amides is 1. The van der Waals surface area contributed by atoms with Gasteiger partial charge in [-0.15, -0.1) is 12.4 Å². The predicted molar refractivity (Wildman–Crippen MR) is 110 cm³/mol. The molecular weight excluding hydrogens is 362 g/mol. The van der Waals surface area contributed by atoms with Crippen LogP contribution in [0.1, 0.15) is 43.7 Å². The molecule has 0 bridgehead atoms. The molecule has 6 heteroatoms. The first-order chi connectivity index (χ1) is 12.5. The lowest BCUT2D eigenvalue weighted by Crippen LogP contribution is -2.52. The lowest BCUT2D eigenvalue weighted by Gasteiger charge is -2.37. The highest BCUT2D eigenvalue weighted by Gasteiger charge is 2.37. The van der Waals surface area contributed by atoms with Crippen LogP contribution in [0, 0.1) is 5.92 Å². The van der Waals surface area contributed by atoms with Crippen molar-refractivity contribution in [3.05, 3.63) is 70.1 Å². The van der Waals surface area contributed by atoms with Crippen molar-refractivity contribution in [3.63, 3.8) is 0 Å². The Hall–Kier alpha value is -2.11. The minimum absolute atomic E-state index is 0. The normalized spacial score (nSPS) is 21.9. The fourth-order valence-electron chi connectivity index (χ4n) is 3.65. The maximum atomic E-state index is 12.5. The monoisotopic (exact) mass is 389 g/mol. The molecule has 1 aromatic carbocycles. The molecule has 2 atom stereocenters. The summed E-state index contributed by atoms with van der Waals surface area (Å²) in [4.78, 5) is 24.3. The number of hydrogen-bond donors (Lipinski definition) is 2. The van der Waals surface area contributed by atoms with Crippen molar-refractivity contribution in [3.8, 4) is 0 Å². The van der Waals surface area contributed by atoms with Gasteiger partial charge in [-0.3, -0.25) is 9.59 Å². The third kappa shape index (κ3) is 5.44. The van der Waals surface area contributed by atoms with Crippen LogP contribution in [-0.2, 0) is 17.9 Å². The smallest absolute Gasteiger partial charge is 0.250 e. The second kappa shape index (κ2) is 9.20. The topological polar surface area (TPSA) is 77.1 Å². The van der Waals surface area contributed by atoms with Crippen molar-refractivity contribution in [2.24, 2.45) is 11.7 Å². The standard InChI is InChI=1S/C21H27N3O2.ClH/c1-21(22)12-4-2-6-18(21)20(26)23-14-16-8-10-17(11-9-16)15-24-13-5-3-7-19(24)25;/h3,5,7-11,13,18H,2,4,6,12,14-15,22H2,1H3,(H,23,26);1H. The molecule has 2 unspecified atom stereocenters. The number of hydrogen-bond acceptors (Lipinski definition) is 3. The summed E-state index contributed by atoms with van der Waals surface area (Å²) in [6.45, 7) is 3.02. The predicted octanol–water partition coefficient (Wildman–Crippen LogP) is 2.84. The zero-order valence-corrected chi connectivity index (χ0v) is 16.5. The number of carbonyl (C=O) groups is 1. The number of nitrogens with zero attached hydrogens (tertiary/aromatic N) is 1. The first-order valence-corrected chi connectivity index (χ1v) is 9.25. The van der Waals surface area contributed by atoms with E-state index >= 15 is 0 Å². The molecule has 1 fully saturated rings. The van der Waals surface area contributed by atoms with Gasteiger partial charge in [0.05, 0.1) is 12.5 Å². The van der Waals surface area contributed by atoms with Gasteiger partial charge in [-0.2, -0.15) is 0 Å². The first-order valence-electron chi connectivity index (χ1n) is 9.25. The molecule has 5 nitrogen and oxygen atoms in total. The molecule has 1 heterocycles. The number of pyridine rings is 1. The van der Waals surface area contributed by atoms with Crippen LogP contribution in [0.2, 0.25) is 0 Å². The van der Waals surface area contributed by atoms with E-state index in [9.17, 15) is 9.59 Å². The van der Waals surface area contributed by atoms with Gasteiger partial charge < -0.3 is 15.6 Å². The SMILES string of the molecule is CC1(N)CCCCC1C(=O)NCc1ccc(Cn2ccccc2=O)cc1.Cl. The highest BCUT2D eigenvalue weighted by atomic mass is 35.5. The summed E-state index contributed by atoms with van der Waals surface area (Å²) in [6, 6.07) is 13.1.